The van der Waals surface area contributed by atoms with Crippen LogP contribution in [0.3, 0.4) is 0 Å². The molecule has 5 nitrogen and oxygen atoms in total. The number of carbonyl (C=O) groups is 1. The largest absolute Gasteiger partial charge is 0.465 e. The van der Waals surface area contributed by atoms with Gasteiger partial charge >= 0.3 is 0 Å². The van der Waals surface area contributed by atoms with E-state index in [1.807, 2.05) is 62.4 Å². The van der Waals surface area contributed by atoms with Crippen molar-refractivity contribution < 1.29 is 9.21 Å². The first-order chi connectivity index (χ1) is 11.6. The van der Waals surface area contributed by atoms with E-state index in [1.54, 1.807) is 12.5 Å². The number of pyridine rings is 1. The van der Waals surface area contributed by atoms with Gasteiger partial charge in [0.15, 0.2) is 0 Å². The highest BCUT2D eigenvalue weighted by Gasteiger charge is 2.10. The Morgan fingerprint density at radius 2 is 2.08 bits per heavy atom. The number of nitrogens with one attached hydrogen (secondary N) is 1. The van der Waals surface area contributed by atoms with Crippen molar-refractivity contribution in [1.29, 1.82) is 0 Å². The zero-order chi connectivity index (χ0) is 16.9. The lowest BCUT2D eigenvalue weighted by Crippen LogP contribution is -2.19. The number of allylic oxidation sites excluding steroid dienone is 1. The fourth-order valence-corrected chi connectivity index (χ4v) is 2.33. The van der Waals surface area contributed by atoms with Gasteiger partial charge in [0.05, 0.1) is 29.3 Å². The van der Waals surface area contributed by atoms with Crippen LogP contribution in [-0.4, -0.2) is 17.1 Å². The van der Waals surface area contributed by atoms with E-state index in [-0.39, 0.29) is 5.91 Å². The van der Waals surface area contributed by atoms with Crippen molar-refractivity contribution in [1.82, 2.24) is 10.4 Å². The molecule has 0 aliphatic heterocycles. The number of aromatic nitrogens is 1. The standard InChI is InChI=1S/C19H17N3O2/c1-13(10-16-7-5-9-24-16)12-20-22-19(23)17-11-15-6-3-4-8-18(15)21-14(17)2/h3-12H,1-2H3,(H,22,23)/b13-10+,20-12?. The van der Waals surface area contributed by atoms with Gasteiger partial charge in [-0.05, 0) is 49.8 Å². The van der Waals surface area contributed by atoms with Crippen LogP contribution in [0.2, 0.25) is 0 Å². The number of carbonyl (C=O) groups excluding carboxylic acids is 1. The van der Waals surface area contributed by atoms with Gasteiger partial charge in [0.2, 0.25) is 0 Å². The second-order valence-electron chi connectivity index (χ2n) is 5.42. The number of hydrazone groups is 1. The van der Waals surface area contributed by atoms with Crippen LogP contribution < -0.4 is 5.43 Å². The number of rotatable bonds is 4. The summed E-state index contributed by atoms with van der Waals surface area (Å²) in [5, 5.41) is 4.91. The van der Waals surface area contributed by atoms with Crippen LogP contribution >= 0.6 is 0 Å². The number of benzene rings is 1. The monoisotopic (exact) mass is 319 g/mol. The van der Waals surface area contributed by atoms with Crippen LogP contribution in [0.1, 0.15) is 28.7 Å². The maximum Gasteiger partial charge on any atom is 0.273 e. The summed E-state index contributed by atoms with van der Waals surface area (Å²) in [6.45, 7) is 3.69. The Balaban J connectivity index is 1.73. The summed E-state index contributed by atoms with van der Waals surface area (Å²) in [7, 11) is 0. The number of para-hydroxylation sites is 1. The van der Waals surface area contributed by atoms with E-state index in [1.165, 1.54) is 0 Å². The Bertz CT molecular complexity index is 925. The Labute approximate surface area is 139 Å². The van der Waals surface area contributed by atoms with E-state index < -0.39 is 0 Å². The van der Waals surface area contributed by atoms with Gasteiger partial charge in [-0.3, -0.25) is 9.78 Å². The molecule has 1 aromatic carbocycles. The van der Waals surface area contributed by atoms with E-state index >= 15 is 0 Å². The summed E-state index contributed by atoms with van der Waals surface area (Å²) < 4.78 is 5.22. The van der Waals surface area contributed by atoms with Crippen molar-refractivity contribution in [3.8, 4) is 0 Å². The third kappa shape index (κ3) is 3.57. The Morgan fingerprint density at radius 3 is 2.88 bits per heavy atom. The van der Waals surface area contributed by atoms with E-state index in [0.717, 1.165) is 22.2 Å². The molecule has 3 rings (SSSR count). The summed E-state index contributed by atoms with van der Waals surface area (Å²) in [6.07, 6.45) is 5.01. The third-order valence-electron chi connectivity index (χ3n) is 3.51. The molecule has 2 heterocycles. The highest BCUT2D eigenvalue weighted by molar-refractivity contribution is 5.99. The first-order valence-electron chi connectivity index (χ1n) is 7.55. The van der Waals surface area contributed by atoms with E-state index in [9.17, 15) is 4.79 Å². The maximum absolute atomic E-state index is 12.3. The van der Waals surface area contributed by atoms with E-state index in [4.69, 9.17) is 4.42 Å². The molecule has 1 amide bonds. The number of amides is 1. The SMILES string of the molecule is C/C(C=NNC(=O)c1cc2ccccc2nc1C)=C\c1ccco1. The summed E-state index contributed by atoms with van der Waals surface area (Å²) in [6, 6.07) is 13.2. The molecule has 0 spiro atoms. The normalized spacial score (nSPS) is 12.0. The van der Waals surface area contributed by atoms with Crippen LogP contribution in [-0.2, 0) is 0 Å². The van der Waals surface area contributed by atoms with E-state index in [2.05, 4.69) is 15.5 Å². The van der Waals surface area contributed by atoms with Crippen LogP contribution in [0, 0.1) is 6.92 Å². The first kappa shape index (κ1) is 15.7. The fraction of sp³-hybridized carbons (Fsp3) is 0.105. The van der Waals surface area contributed by atoms with Crippen LogP contribution in [0.4, 0.5) is 0 Å². The molecular weight excluding hydrogens is 302 g/mol. The van der Waals surface area contributed by atoms with Crippen LogP contribution in [0.25, 0.3) is 17.0 Å². The number of fused-ring (bicyclic) bond motifs is 1. The molecule has 3 aromatic rings. The molecule has 120 valence electrons. The molecule has 0 aliphatic rings. The Hall–Kier alpha value is -3.21. The Morgan fingerprint density at radius 1 is 1.25 bits per heavy atom. The minimum atomic E-state index is -0.284. The molecule has 0 saturated carbocycles. The van der Waals surface area contributed by atoms with Gasteiger partial charge in [0.1, 0.15) is 5.76 Å². The number of hydrogen-bond donors (Lipinski definition) is 1. The van der Waals surface area contributed by atoms with Crippen molar-refractivity contribution in [2.75, 3.05) is 0 Å². The minimum absolute atomic E-state index is 0.284. The van der Waals surface area contributed by atoms with Crippen molar-refractivity contribution in [2.24, 2.45) is 5.10 Å². The summed E-state index contributed by atoms with van der Waals surface area (Å²) >= 11 is 0. The van der Waals surface area contributed by atoms with Crippen molar-refractivity contribution in [3.63, 3.8) is 0 Å². The molecule has 1 N–H and O–H groups in total. The fourth-order valence-electron chi connectivity index (χ4n) is 2.33. The molecule has 0 bridgehead atoms. The van der Waals surface area contributed by atoms with Gasteiger partial charge < -0.3 is 4.42 Å². The Kier molecular flexibility index (Phi) is 4.52. The lowest BCUT2D eigenvalue weighted by molar-refractivity contribution is 0.0954. The van der Waals surface area contributed by atoms with Gasteiger partial charge in [-0.15, -0.1) is 0 Å². The number of aryl methyl sites for hydroxylation is 1. The third-order valence-corrected chi connectivity index (χ3v) is 3.51. The molecule has 0 radical (unpaired) electrons. The molecule has 24 heavy (non-hydrogen) atoms. The van der Waals surface area contributed by atoms with Gasteiger partial charge in [-0.2, -0.15) is 5.10 Å². The van der Waals surface area contributed by atoms with Gasteiger partial charge in [0, 0.05) is 5.39 Å². The van der Waals surface area contributed by atoms with Crippen molar-refractivity contribution in [3.05, 3.63) is 71.3 Å². The van der Waals surface area contributed by atoms with Gasteiger partial charge in [0.25, 0.3) is 5.91 Å². The molecule has 0 aliphatic carbocycles. The van der Waals surface area contributed by atoms with Crippen LogP contribution in [0.15, 0.2) is 63.8 Å². The van der Waals surface area contributed by atoms with Gasteiger partial charge in [-0.1, -0.05) is 18.2 Å². The second kappa shape index (κ2) is 6.91. The lowest BCUT2D eigenvalue weighted by atomic mass is 10.1. The molecule has 0 unspecified atom stereocenters. The second-order valence-corrected chi connectivity index (χ2v) is 5.42. The summed E-state index contributed by atoms with van der Waals surface area (Å²) in [5.41, 5.74) is 5.44. The maximum atomic E-state index is 12.3. The molecule has 0 atom stereocenters. The lowest BCUT2D eigenvalue weighted by Gasteiger charge is -2.06. The number of nitrogens with zero attached hydrogens (tertiary/aromatic N) is 2. The molecule has 0 fully saturated rings. The molecular formula is C19H17N3O2. The average molecular weight is 319 g/mol. The van der Waals surface area contributed by atoms with E-state index in [0.29, 0.717) is 11.3 Å². The number of hydrogen-bond acceptors (Lipinski definition) is 4. The highest BCUT2D eigenvalue weighted by atomic mass is 16.3. The van der Waals surface area contributed by atoms with Crippen molar-refractivity contribution >= 4 is 29.1 Å². The number of furan rings is 1. The quantitative estimate of drug-likeness (QED) is 0.585. The highest BCUT2D eigenvalue weighted by Crippen LogP contribution is 2.16. The van der Waals surface area contributed by atoms with Crippen molar-refractivity contribution in [2.45, 2.75) is 13.8 Å². The molecule has 5 heteroatoms. The minimum Gasteiger partial charge on any atom is -0.465 e. The average Bonchev–Trinajstić information content (AvgIpc) is 3.07. The summed E-state index contributed by atoms with van der Waals surface area (Å²) in [4.78, 5) is 16.8. The van der Waals surface area contributed by atoms with Gasteiger partial charge in [-0.25, -0.2) is 5.43 Å². The predicted octanol–water partition coefficient (Wildman–Crippen LogP) is 3.96. The topological polar surface area (TPSA) is 67.5 Å². The smallest absolute Gasteiger partial charge is 0.273 e. The summed E-state index contributed by atoms with van der Waals surface area (Å²) in [5.74, 6) is 0.452. The zero-order valence-corrected chi connectivity index (χ0v) is 13.5. The predicted molar refractivity (Wildman–Crippen MR) is 94.8 cm³/mol. The molecule has 2 aromatic heterocycles. The first-order valence-corrected chi connectivity index (χ1v) is 7.55. The molecule has 0 saturated heterocycles. The van der Waals surface area contributed by atoms with Crippen LogP contribution in [0.5, 0.6) is 0 Å². The zero-order valence-electron chi connectivity index (χ0n) is 13.5.